The number of halogens is 2. The molecule has 0 spiro atoms. The average molecular weight is 420 g/mol. The van der Waals surface area contributed by atoms with Gasteiger partial charge in [0.2, 0.25) is 0 Å². The molecule has 0 radical (unpaired) electrons. The molecule has 0 saturated heterocycles. The molecule has 0 bridgehead atoms. The Balaban J connectivity index is 2.20. The first-order valence-electron chi connectivity index (χ1n) is 8.38. The number of hydrogen-bond acceptors (Lipinski definition) is 2. The van der Waals surface area contributed by atoms with Crippen LogP contribution in [-0.4, -0.2) is 8.42 Å². The molecule has 3 nitrogen and oxygen atoms in total. The zero-order valence-electron chi connectivity index (χ0n) is 15.0. The summed E-state index contributed by atoms with van der Waals surface area (Å²) in [5, 5.41) is 0.863. The van der Waals surface area contributed by atoms with Gasteiger partial charge in [-0.25, -0.2) is 8.42 Å². The van der Waals surface area contributed by atoms with E-state index in [1.54, 1.807) is 48.5 Å². The van der Waals surface area contributed by atoms with Gasteiger partial charge in [0.15, 0.2) is 0 Å². The van der Waals surface area contributed by atoms with E-state index in [2.05, 4.69) is 0 Å². The third-order valence-corrected chi connectivity index (χ3v) is 6.81. The molecule has 3 aromatic rings. The maximum absolute atomic E-state index is 13.5. The molecule has 3 aromatic carbocycles. The Kier molecular flexibility index (Phi) is 5.80. The van der Waals surface area contributed by atoms with E-state index < -0.39 is 10.0 Å². The Labute approximate surface area is 170 Å². The van der Waals surface area contributed by atoms with Crippen LogP contribution in [0.4, 0.5) is 5.69 Å². The monoisotopic (exact) mass is 419 g/mol. The van der Waals surface area contributed by atoms with Crippen LogP contribution in [0.5, 0.6) is 0 Å². The molecule has 0 aliphatic rings. The summed E-state index contributed by atoms with van der Waals surface area (Å²) in [6, 6.07) is 19.2. The maximum atomic E-state index is 13.5. The molecule has 0 heterocycles. The van der Waals surface area contributed by atoms with Gasteiger partial charge in [0.1, 0.15) is 0 Å². The molecular weight excluding hydrogens is 401 g/mol. The molecule has 0 saturated carbocycles. The summed E-state index contributed by atoms with van der Waals surface area (Å²) in [5.74, 6) is 0. The molecule has 27 heavy (non-hydrogen) atoms. The van der Waals surface area contributed by atoms with E-state index in [1.165, 1.54) is 4.31 Å². The van der Waals surface area contributed by atoms with Gasteiger partial charge in [0.25, 0.3) is 10.0 Å². The fourth-order valence-electron chi connectivity index (χ4n) is 2.83. The van der Waals surface area contributed by atoms with Gasteiger partial charge < -0.3 is 0 Å². The minimum absolute atomic E-state index is 0.0417. The minimum Gasteiger partial charge on any atom is -0.262 e. The van der Waals surface area contributed by atoms with Gasteiger partial charge in [-0.2, -0.15) is 0 Å². The van der Waals surface area contributed by atoms with Gasteiger partial charge in [-0.3, -0.25) is 4.31 Å². The summed E-state index contributed by atoms with van der Waals surface area (Å²) in [5.41, 5.74) is 2.99. The number of rotatable bonds is 5. The second kappa shape index (κ2) is 7.93. The van der Waals surface area contributed by atoms with E-state index in [4.69, 9.17) is 23.2 Å². The molecule has 0 aliphatic heterocycles. The van der Waals surface area contributed by atoms with E-state index in [-0.39, 0.29) is 11.4 Å². The van der Waals surface area contributed by atoms with Crippen molar-refractivity contribution < 1.29 is 8.42 Å². The first-order chi connectivity index (χ1) is 12.8. The molecule has 3 rings (SSSR count). The maximum Gasteiger partial charge on any atom is 0.264 e. The van der Waals surface area contributed by atoms with Crippen LogP contribution in [0.1, 0.15) is 16.7 Å². The van der Waals surface area contributed by atoms with Gasteiger partial charge in [0.05, 0.1) is 17.1 Å². The molecule has 140 valence electrons. The Morgan fingerprint density at radius 2 is 1.48 bits per heavy atom. The summed E-state index contributed by atoms with van der Waals surface area (Å²) >= 11 is 12.6. The SMILES string of the molecule is Cc1ccc(C)c(N(Cc2c(Cl)cccc2Cl)S(=O)(=O)c2ccccc2)c1. The van der Waals surface area contributed by atoms with Crippen molar-refractivity contribution in [1.29, 1.82) is 0 Å². The molecular formula is C21H19Cl2NO2S. The van der Waals surface area contributed by atoms with Crippen LogP contribution in [-0.2, 0) is 16.6 Å². The molecule has 0 aromatic heterocycles. The van der Waals surface area contributed by atoms with Crippen molar-refractivity contribution in [3.05, 3.63) is 93.5 Å². The lowest BCUT2D eigenvalue weighted by Crippen LogP contribution is -2.31. The van der Waals surface area contributed by atoms with Crippen LogP contribution in [0.2, 0.25) is 10.0 Å². The van der Waals surface area contributed by atoms with Crippen molar-refractivity contribution in [2.75, 3.05) is 4.31 Å². The van der Waals surface area contributed by atoms with Crippen molar-refractivity contribution >= 4 is 38.9 Å². The van der Waals surface area contributed by atoms with E-state index >= 15 is 0 Å². The number of nitrogens with zero attached hydrogens (tertiary/aromatic N) is 1. The predicted octanol–water partition coefficient (Wildman–Crippen LogP) is 6.01. The van der Waals surface area contributed by atoms with E-state index in [0.29, 0.717) is 21.3 Å². The summed E-state index contributed by atoms with van der Waals surface area (Å²) in [6.45, 7) is 3.86. The van der Waals surface area contributed by atoms with Crippen molar-refractivity contribution in [2.24, 2.45) is 0 Å². The largest absolute Gasteiger partial charge is 0.264 e. The first kappa shape index (κ1) is 19.7. The Bertz CT molecular complexity index is 1050. The molecule has 0 unspecified atom stereocenters. The topological polar surface area (TPSA) is 37.4 Å². The predicted molar refractivity (Wildman–Crippen MR) is 112 cm³/mol. The van der Waals surface area contributed by atoms with E-state index in [1.807, 2.05) is 32.0 Å². The first-order valence-corrected chi connectivity index (χ1v) is 10.6. The van der Waals surface area contributed by atoms with Crippen LogP contribution in [0, 0.1) is 13.8 Å². The third kappa shape index (κ3) is 4.13. The highest BCUT2D eigenvalue weighted by Crippen LogP contribution is 2.33. The highest BCUT2D eigenvalue weighted by molar-refractivity contribution is 7.92. The Hall–Kier alpha value is -2.01. The third-order valence-electron chi connectivity index (χ3n) is 4.33. The molecule has 6 heteroatoms. The Morgan fingerprint density at radius 3 is 2.11 bits per heavy atom. The fraction of sp³-hybridized carbons (Fsp3) is 0.143. The lowest BCUT2D eigenvalue weighted by molar-refractivity contribution is 0.590. The lowest BCUT2D eigenvalue weighted by Gasteiger charge is -2.27. The van der Waals surface area contributed by atoms with Crippen molar-refractivity contribution in [1.82, 2.24) is 0 Å². The second-order valence-electron chi connectivity index (χ2n) is 6.31. The summed E-state index contributed by atoms with van der Waals surface area (Å²) in [4.78, 5) is 0.217. The van der Waals surface area contributed by atoms with E-state index in [0.717, 1.165) is 11.1 Å². The number of benzene rings is 3. The van der Waals surface area contributed by atoms with Gasteiger partial charge >= 0.3 is 0 Å². The molecule has 0 fully saturated rings. The number of anilines is 1. The number of hydrogen-bond donors (Lipinski definition) is 0. The highest BCUT2D eigenvalue weighted by Gasteiger charge is 2.27. The van der Waals surface area contributed by atoms with Gasteiger partial charge in [0, 0.05) is 15.6 Å². The van der Waals surface area contributed by atoms with Crippen LogP contribution in [0.15, 0.2) is 71.6 Å². The van der Waals surface area contributed by atoms with Crippen molar-refractivity contribution in [2.45, 2.75) is 25.3 Å². The van der Waals surface area contributed by atoms with Crippen LogP contribution in [0.3, 0.4) is 0 Å². The molecule has 0 aliphatic carbocycles. The number of aryl methyl sites for hydroxylation is 2. The quantitative estimate of drug-likeness (QED) is 0.507. The van der Waals surface area contributed by atoms with Gasteiger partial charge in [-0.05, 0) is 55.3 Å². The number of sulfonamides is 1. The summed E-state index contributed by atoms with van der Waals surface area (Å²) < 4.78 is 28.3. The van der Waals surface area contributed by atoms with Crippen molar-refractivity contribution in [3.8, 4) is 0 Å². The van der Waals surface area contributed by atoms with Crippen LogP contribution >= 0.6 is 23.2 Å². The molecule has 0 atom stereocenters. The minimum atomic E-state index is -3.81. The van der Waals surface area contributed by atoms with Crippen LogP contribution < -0.4 is 4.31 Å². The second-order valence-corrected chi connectivity index (χ2v) is 8.99. The normalized spacial score (nSPS) is 11.4. The van der Waals surface area contributed by atoms with Gasteiger partial charge in [-0.15, -0.1) is 0 Å². The molecule has 0 N–H and O–H groups in total. The fourth-order valence-corrected chi connectivity index (χ4v) is 4.86. The highest BCUT2D eigenvalue weighted by atomic mass is 35.5. The summed E-state index contributed by atoms with van der Waals surface area (Å²) in [7, 11) is -3.81. The van der Waals surface area contributed by atoms with Crippen molar-refractivity contribution in [3.63, 3.8) is 0 Å². The van der Waals surface area contributed by atoms with Crippen LogP contribution in [0.25, 0.3) is 0 Å². The van der Waals surface area contributed by atoms with E-state index in [9.17, 15) is 8.42 Å². The zero-order valence-corrected chi connectivity index (χ0v) is 17.3. The smallest absolute Gasteiger partial charge is 0.262 e. The standard InChI is InChI=1S/C21H19Cl2NO2S/c1-15-11-12-16(2)21(13-15)24(14-18-19(22)9-6-10-20(18)23)27(25,26)17-7-4-3-5-8-17/h3-13H,14H2,1-2H3. The Morgan fingerprint density at radius 1 is 0.852 bits per heavy atom. The molecule has 0 amide bonds. The lowest BCUT2D eigenvalue weighted by atomic mass is 10.1. The van der Waals surface area contributed by atoms with Gasteiger partial charge in [-0.1, -0.05) is 59.6 Å². The zero-order chi connectivity index (χ0) is 19.6. The summed E-state index contributed by atoms with van der Waals surface area (Å²) in [6.07, 6.45) is 0. The average Bonchev–Trinajstić information content (AvgIpc) is 2.64.